The number of aliphatic hydroxyl groups is 2. The highest BCUT2D eigenvalue weighted by Gasteiger charge is 2.43. The highest BCUT2D eigenvalue weighted by Crippen LogP contribution is 2.21. The Morgan fingerprint density at radius 1 is 1.44 bits per heavy atom. The number of carbonyl (C=O) groups is 1. The van der Waals surface area contributed by atoms with Gasteiger partial charge in [0.1, 0.15) is 6.10 Å². The average Bonchev–Trinajstić information content (AvgIpc) is 2.11. The monoisotopic (exact) mass is 243 g/mol. The third-order valence-electron chi connectivity index (χ3n) is 2.29. The molecule has 0 aromatic heterocycles. The number of aliphatic hydroxyl groups excluding tert-OH is 2. The van der Waals surface area contributed by atoms with Gasteiger partial charge in [0, 0.05) is 6.42 Å². The minimum Gasteiger partial charge on any atom is -0.388 e. The van der Waals surface area contributed by atoms with Gasteiger partial charge in [-0.05, 0) is 6.92 Å². The summed E-state index contributed by atoms with van der Waals surface area (Å²) in [6.45, 7) is 1.39. The Hall–Kier alpha value is -0.860. The van der Waals surface area contributed by atoms with Gasteiger partial charge in [0.2, 0.25) is 0 Å². The Bertz CT molecular complexity index is 270. The Balaban J connectivity index is 2.62. The van der Waals surface area contributed by atoms with Gasteiger partial charge in [-0.15, -0.1) is 0 Å². The number of alkyl halides is 3. The van der Waals surface area contributed by atoms with Gasteiger partial charge in [-0.25, -0.2) is 0 Å². The molecule has 0 aromatic carbocycles. The summed E-state index contributed by atoms with van der Waals surface area (Å²) >= 11 is 0. The number of hydrogen-bond acceptors (Lipinski definition) is 4. The average molecular weight is 243 g/mol. The van der Waals surface area contributed by atoms with E-state index >= 15 is 0 Å². The molecule has 0 saturated carbocycles. The van der Waals surface area contributed by atoms with Gasteiger partial charge in [0.25, 0.3) is 0 Å². The van der Waals surface area contributed by atoms with E-state index < -0.39 is 36.6 Å². The van der Waals surface area contributed by atoms with Crippen LogP contribution in [0.5, 0.6) is 0 Å². The number of rotatable bonds is 1. The topological polar surface area (TPSA) is 78.8 Å². The molecule has 0 aliphatic carbocycles. The third kappa shape index (κ3) is 3.06. The maximum Gasteiger partial charge on any atom is 0.471 e. The van der Waals surface area contributed by atoms with Crippen LogP contribution in [0.3, 0.4) is 0 Å². The second-order valence-corrected chi connectivity index (χ2v) is 3.60. The van der Waals surface area contributed by atoms with Crippen molar-refractivity contribution in [3.8, 4) is 0 Å². The van der Waals surface area contributed by atoms with Crippen molar-refractivity contribution in [2.24, 2.45) is 0 Å². The van der Waals surface area contributed by atoms with E-state index in [4.69, 9.17) is 9.84 Å². The van der Waals surface area contributed by atoms with E-state index in [1.165, 1.54) is 6.92 Å². The maximum atomic E-state index is 11.9. The van der Waals surface area contributed by atoms with Gasteiger partial charge in [-0.3, -0.25) is 4.79 Å². The first kappa shape index (κ1) is 13.2. The Morgan fingerprint density at radius 2 is 2.00 bits per heavy atom. The molecule has 0 bridgehead atoms. The lowest BCUT2D eigenvalue weighted by Gasteiger charge is -2.36. The smallest absolute Gasteiger partial charge is 0.388 e. The van der Waals surface area contributed by atoms with Crippen LogP contribution >= 0.6 is 0 Å². The molecule has 1 heterocycles. The van der Waals surface area contributed by atoms with Crippen molar-refractivity contribution in [3.05, 3.63) is 0 Å². The Morgan fingerprint density at radius 3 is 2.50 bits per heavy atom. The van der Waals surface area contributed by atoms with Crippen LogP contribution in [0.25, 0.3) is 0 Å². The summed E-state index contributed by atoms with van der Waals surface area (Å²) in [6.07, 6.45) is -8.71. The van der Waals surface area contributed by atoms with Crippen LogP contribution in [-0.4, -0.2) is 46.8 Å². The zero-order chi connectivity index (χ0) is 12.5. The summed E-state index contributed by atoms with van der Waals surface area (Å²) < 4.78 is 40.6. The molecule has 0 aromatic rings. The zero-order valence-electron chi connectivity index (χ0n) is 8.36. The standard InChI is InChI=1S/C8H12F3NO4/c1-3-6(14)4(2-5(13)16-3)12-7(15)8(9,10)11/h3-6,13-14H,2H2,1H3,(H,12,15)/t3?,4?,5-,6+/m0/s1. The molecule has 2 unspecified atom stereocenters. The van der Waals surface area contributed by atoms with Crippen molar-refractivity contribution in [2.75, 3.05) is 0 Å². The summed E-state index contributed by atoms with van der Waals surface area (Å²) in [7, 11) is 0. The van der Waals surface area contributed by atoms with E-state index in [0.717, 1.165) is 0 Å². The van der Waals surface area contributed by atoms with Crippen molar-refractivity contribution >= 4 is 5.91 Å². The molecule has 1 aliphatic heterocycles. The molecule has 1 amide bonds. The zero-order valence-corrected chi connectivity index (χ0v) is 8.36. The molecule has 1 fully saturated rings. The number of halogens is 3. The van der Waals surface area contributed by atoms with E-state index in [-0.39, 0.29) is 6.42 Å². The fraction of sp³-hybridized carbons (Fsp3) is 0.875. The van der Waals surface area contributed by atoms with Crippen molar-refractivity contribution < 1.29 is 32.9 Å². The van der Waals surface area contributed by atoms with Crippen LogP contribution in [0.4, 0.5) is 13.2 Å². The Labute approximate surface area is 89.2 Å². The first-order valence-corrected chi connectivity index (χ1v) is 4.61. The number of hydrogen-bond donors (Lipinski definition) is 3. The first-order valence-electron chi connectivity index (χ1n) is 4.61. The number of carbonyl (C=O) groups excluding carboxylic acids is 1. The molecule has 0 spiro atoms. The van der Waals surface area contributed by atoms with Crippen molar-refractivity contribution in [2.45, 2.75) is 44.1 Å². The second kappa shape index (κ2) is 4.56. The highest BCUT2D eigenvalue weighted by molar-refractivity contribution is 5.82. The SMILES string of the molecule is CC1O[C@H](O)CC(NC(=O)C(F)(F)F)[C@@H]1O. The van der Waals surface area contributed by atoms with Crippen LogP contribution in [0.1, 0.15) is 13.3 Å². The number of amides is 1. The van der Waals surface area contributed by atoms with Gasteiger partial charge in [-0.2, -0.15) is 13.2 Å². The van der Waals surface area contributed by atoms with Gasteiger partial charge >= 0.3 is 12.1 Å². The maximum absolute atomic E-state index is 11.9. The summed E-state index contributed by atoms with van der Waals surface area (Å²) in [6, 6.07) is -1.17. The number of nitrogens with one attached hydrogen (secondary N) is 1. The summed E-state index contributed by atoms with van der Waals surface area (Å²) in [5, 5.41) is 20.2. The lowest BCUT2D eigenvalue weighted by molar-refractivity contribution is -0.207. The molecule has 1 saturated heterocycles. The van der Waals surface area contributed by atoms with E-state index in [1.54, 1.807) is 5.32 Å². The summed E-state index contributed by atoms with van der Waals surface area (Å²) in [5.74, 6) is -2.14. The van der Waals surface area contributed by atoms with Crippen molar-refractivity contribution in [3.63, 3.8) is 0 Å². The molecular weight excluding hydrogens is 231 g/mol. The molecule has 8 heteroatoms. The molecule has 1 aliphatic rings. The van der Waals surface area contributed by atoms with Crippen LogP contribution in [0.15, 0.2) is 0 Å². The lowest BCUT2D eigenvalue weighted by atomic mass is 9.99. The largest absolute Gasteiger partial charge is 0.471 e. The predicted molar refractivity (Wildman–Crippen MR) is 45.2 cm³/mol. The van der Waals surface area contributed by atoms with Gasteiger partial charge in [0.15, 0.2) is 6.29 Å². The molecule has 3 N–H and O–H groups in total. The number of ether oxygens (including phenoxy) is 1. The minimum absolute atomic E-state index is 0.284. The fourth-order valence-electron chi connectivity index (χ4n) is 1.46. The van der Waals surface area contributed by atoms with Crippen LogP contribution in [0, 0.1) is 0 Å². The van der Waals surface area contributed by atoms with E-state index in [0.29, 0.717) is 0 Å². The summed E-state index contributed by atoms with van der Waals surface area (Å²) in [5.41, 5.74) is 0. The van der Waals surface area contributed by atoms with Gasteiger partial charge < -0.3 is 20.3 Å². The van der Waals surface area contributed by atoms with Crippen LogP contribution in [-0.2, 0) is 9.53 Å². The van der Waals surface area contributed by atoms with E-state index in [1.807, 2.05) is 0 Å². The molecule has 5 nitrogen and oxygen atoms in total. The normalized spacial score (nSPS) is 35.9. The van der Waals surface area contributed by atoms with E-state index in [2.05, 4.69) is 0 Å². The first-order chi connectivity index (χ1) is 7.21. The fourth-order valence-corrected chi connectivity index (χ4v) is 1.46. The van der Waals surface area contributed by atoms with Gasteiger partial charge in [-0.1, -0.05) is 0 Å². The van der Waals surface area contributed by atoms with Crippen molar-refractivity contribution in [1.29, 1.82) is 0 Å². The molecule has 0 radical (unpaired) electrons. The summed E-state index contributed by atoms with van der Waals surface area (Å²) in [4.78, 5) is 10.6. The Kier molecular flexibility index (Phi) is 3.76. The molecule has 94 valence electrons. The predicted octanol–water partition coefficient (Wildman–Crippen LogP) is -0.478. The highest BCUT2D eigenvalue weighted by atomic mass is 19.4. The molecule has 16 heavy (non-hydrogen) atoms. The quantitative estimate of drug-likeness (QED) is 0.581. The minimum atomic E-state index is -5.01. The lowest BCUT2D eigenvalue weighted by Crippen LogP contribution is -2.56. The molecule has 4 atom stereocenters. The van der Waals surface area contributed by atoms with Crippen molar-refractivity contribution in [1.82, 2.24) is 5.32 Å². The third-order valence-corrected chi connectivity index (χ3v) is 2.29. The molecular formula is C8H12F3NO4. The second-order valence-electron chi connectivity index (χ2n) is 3.60. The van der Waals surface area contributed by atoms with Crippen LogP contribution < -0.4 is 5.32 Å². The molecule has 1 rings (SSSR count). The van der Waals surface area contributed by atoms with E-state index in [9.17, 15) is 23.1 Å². The van der Waals surface area contributed by atoms with Gasteiger partial charge in [0.05, 0.1) is 12.1 Å². The van der Waals surface area contributed by atoms with Crippen LogP contribution in [0.2, 0.25) is 0 Å².